The predicted molar refractivity (Wildman–Crippen MR) is 115 cm³/mol. The molecule has 0 bridgehead atoms. The van der Waals surface area contributed by atoms with E-state index in [2.05, 4.69) is 65.1 Å². The molecule has 0 unspecified atom stereocenters. The van der Waals surface area contributed by atoms with Crippen LogP contribution in [0, 0.1) is 0 Å². The summed E-state index contributed by atoms with van der Waals surface area (Å²) in [7, 11) is 0.734. The van der Waals surface area contributed by atoms with Crippen molar-refractivity contribution < 1.29 is 9.68 Å². The van der Waals surface area contributed by atoms with Gasteiger partial charge in [-0.15, -0.1) is 0 Å². The summed E-state index contributed by atoms with van der Waals surface area (Å²) < 4.78 is 7.72. The summed E-state index contributed by atoms with van der Waals surface area (Å²) in [5, 5.41) is 14.1. The second-order valence-electron chi connectivity index (χ2n) is 7.01. The van der Waals surface area contributed by atoms with Crippen LogP contribution in [0.1, 0.15) is 0 Å². The van der Waals surface area contributed by atoms with Gasteiger partial charge < -0.3 is 14.1 Å². The third-order valence-electron chi connectivity index (χ3n) is 5.58. The Hall–Kier alpha value is -3.50. The highest BCUT2D eigenvalue weighted by Crippen LogP contribution is 2.42. The average molecular weight is 360 g/mol. The Balaban J connectivity index is 1.82. The maximum atomic E-state index is 9.16. The molecule has 0 aliphatic heterocycles. The summed E-state index contributed by atoms with van der Waals surface area (Å²) >= 11 is 0. The molecule has 0 aliphatic rings. The average Bonchev–Trinajstić information content (AvgIpc) is 3.26. The largest absolute Gasteiger partial charge is 0.569 e. The number of fused-ring (bicyclic) bond motifs is 6. The van der Waals surface area contributed by atoms with Crippen LogP contribution in [-0.4, -0.2) is 17.1 Å². The molecule has 3 nitrogen and oxygen atoms in total. The van der Waals surface area contributed by atoms with Gasteiger partial charge in [0.15, 0.2) is 0 Å². The van der Waals surface area contributed by atoms with Crippen molar-refractivity contribution in [1.29, 1.82) is 0 Å². The molecule has 6 aromatic rings. The molecule has 2 aromatic heterocycles. The number of benzene rings is 4. The molecule has 0 atom stereocenters. The Labute approximate surface area is 162 Å². The maximum absolute atomic E-state index is 9.16. The van der Waals surface area contributed by atoms with Crippen molar-refractivity contribution in [1.82, 2.24) is 4.40 Å². The molecule has 0 saturated heterocycles. The van der Waals surface area contributed by atoms with Gasteiger partial charge in [-0.2, -0.15) is 0 Å². The van der Waals surface area contributed by atoms with Gasteiger partial charge in [0.05, 0.1) is 16.6 Å². The van der Waals surface area contributed by atoms with Crippen molar-refractivity contribution in [3.63, 3.8) is 0 Å². The lowest BCUT2D eigenvalue weighted by Crippen LogP contribution is -2.00. The zero-order valence-electron chi connectivity index (χ0n) is 15.0. The first-order chi connectivity index (χ1) is 13.9. The van der Waals surface area contributed by atoms with Crippen LogP contribution in [0.4, 0.5) is 0 Å². The van der Waals surface area contributed by atoms with Crippen molar-refractivity contribution in [3.8, 4) is 16.9 Å². The minimum Gasteiger partial charge on any atom is -0.537 e. The molecule has 1 N–H and O–H groups in total. The lowest BCUT2D eigenvalue weighted by Gasteiger charge is -2.10. The quantitative estimate of drug-likeness (QED) is 0.428. The fourth-order valence-electron chi connectivity index (χ4n) is 4.47. The van der Waals surface area contributed by atoms with Crippen molar-refractivity contribution in [2.45, 2.75) is 0 Å². The number of hydrogen-bond donors (Lipinski definition) is 1. The van der Waals surface area contributed by atoms with E-state index < -0.39 is 0 Å². The van der Waals surface area contributed by atoms with Crippen LogP contribution in [0.5, 0.6) is 5.75 Å². The predicted octanol–water partition coefficient (Wildman–Crippen LogP) is 5.41. The molecule has 131 valence electrons. The minimum absolute atomic E-state index is 0.631. The third kappa shape index (κ3) is 1.98. The van der Waals surface area contributed by atoms with E-state index in [9.17, 15) is 0 Å². The van der Waals surface area contributed by atoms with E-state index in [-0.39, 0.29) is 0 Å². The molecular formula is C24H15BNO2. The molecule has 1 radical (unpaired) electrons. The van der Waals surface area contributed by atoms with E-state index in [0.717, 1.165) is 18.8 Å². The van der Waals surface area contributed by atoms with Crippen LogP contribution < -0.4 is 4.65 Å². The maximum Gasteiger partial charge on any atom is 0.569 e. The molecular weight excluding hydrogens is 345 g/mol. The lowest BCUT2D eigenvalue weighted by atomic mass is 9.98. The van der Waals surface area contributed by atoms with E-state index in [4.69, 9.17) is 9.68 Å². The first-order valence-electron chi connectivity index (χ1n) is 9.26. The highest BCUT2D eigenvalue weighted by Gasteiger charge is 2.19. The first kappa shape index (κ1) is 15.6. The van der Waals surface area contributed by atoms with Crippen LogP contribution in [0.2, 0.25) is 0 Å². The number of rotatable bonds is 3. The molecule has 28 heavy (non-hydrogen) atoms. The summed E-state index contributed by atoms with van der Waals surface area (Å²) in [4.78, 5) is 0. The Bertz CT molecular complexity index is 1400. The topological polar surface area (TPSA) is 33.9 Å². The molecule has 6 rings (SSSR count). The van der Waals surface area contributed by atoms with Gasteiger partial charge in [0.1, 0.15) is 5.75 Å². The van der Waals surface area contributed by atoms with Crippen molar-refractivity contribution >= 4 is 45.8 Å². The molecule has 4 heteroatoms. The van der Waals surface area contributed by atoms with E-state index in [1.54, 1.807) is 0 Å². The highest BCUT2D eigenvalue weighted by molar-refractivity contribution is 6.24. The Morgan fingerprint density at radius 2 is 1.25 bits per heavy atom. The number of hydrogen-bond acceptors (Lipinski definition) is 2. The first-order valence-corrected chi connectivity index (χ1v) is 9.26. The fourth-order valence-corrected chi connectivity index (χ4v) is 4.47. The second-order valence-corrected chi connectivity index (χ2v) is 7.01. The zero-order valence-corrected chi connectivity index (χ0v) is 15.0. The van der Waals surface area contributed by atoms with E-state index >= 15 is 0 Å². The minimum atomic E-state index is 0.631. The van der Waals surface area contributed by atoms with Gasteiger partial charge in [-0.05, 0) is 35.9 Å². The van der Waals surface area contributed by atoms with Crippen molar-refractivity contribution in [2.75, 3.05) is 0 Å². The molecule has 0 spiro atoms. The van der Waals surface area contributed by atoms with Crippen LogP contribution >= 0.6 is 0 Å². The summed E-state index contributed by atoms with van der Waals surface area (Å²) in [6.45, 7) is 0. The standard InChI is InChI=1S/C24H15BNO2/c27-25-28-23-12-6-3-7-16(23)15-13-19-17-8-1-4-10-21(17)26-22-11-5-2-9-18(22)20(14-15)24(19)26/h1-14,27H. The van der Waals surface area contributed by atoms with Gasteiger partial charge >= 0.3 is 7.69 Å². The van der Waals surface area contributed by atoms with Gasteiger partial charge in [-0.25, -0.2) is 0 Å². The lowest BCUT2D eigenvalue weighted by molar-refractivity contribution is 0.455. The smallest absolute Gasteiger partial charge is 0.537 e. The number of aromatic nitrogens is 1. The molecule has 0 amide bonds. The Morgan fingerprint density at radius 3 is 1.89 bits per heavy atom. The third-order valence-corrected chi connectivity index (χ3v) is 5.58. The highest BCUT2D eigenvalue weighted by atomic mass is 16.5. The molecule has 0 fully saturated rings. The van der Waals surface area contributed by atoms with Crippen LogP contribution in [0.25, 0.3) is 49.2 Å². The molecule has 4 aromatic carbocycles. The van der Waals surface area contributed by atoms with Gasteiger partial charge in [-0.3, -0.25) is 0 Å². The van der Waals surface area contributed by atoms with E-state index in [0.29, 0.717) is 5.75 Å². The van der Waals surface area contributed by atoms with Crippen LogP contribution in [0.15, 0.2) is 84.9 Å². The van der Waals surface area contributed by atoms with Crippen molar-refractivity contribution in [3.05, 3.63) is 84.9 Å². The molecule has 0 aliphatic carbocycles. The summed E-state index contributed by atoms with van der Waals surface area (Å²) in [5.74, 6) is 0.631. The normalized spacial score (nSPS) is 11.8. The fraction of sp³-hybridized carbons (Fsp3) is 0. The summed E-state index contributed by atoms with van der Waals surface area (Å²) in [6, 6.07) is 29.3. The van der Waals surface area contributed by atoms with E-state index in [1.807, 2.05) is 24.3 Å². The van der Waals surface area contributed by atoms with Crippen LogP contribution in [-0.2, 0) is 0 Å². The number of nitrogens with zero attached hydrogens (tertiary/aromatic N) is 1. The summed E-state index contributed by atoms with van der Waals surface area (Å²) in [6.07, 6.45) is 0. The zero-order chi connectivity index (χ0) is 18.7. The van der Waals surface area contributed by atoms with Crippen molar-refractivity contribution in [2.24, 2.45) is 0 Å². The van der Waals surface area contributed by atoms with Crippen LogP contribution in [0.3, 0.4) is 0 Å². The molecule has 0 saturated carbocycles. The molecule has 2 heterocycles. The SMILES string of the molecule is O[B]Oc1ccccc1-c1cc2c3ccccc3n3c4ccccc4c(c1)c23. The van der Waals surface area contributed by atoms with Gasteiger partial charge in [0.2, 0.25) is 0 Å². The number of para-hydroxylation sites is 3. The van der Waals surface area contributed by atoms with Gasteiger partial charge in [-0.1, -0.05) is 54.6 Å². The van der Waals surface area contributed by atoms with Gasteiger partial charge in [0.25, 0.3) is 0 Å². The monoisotopic (exact) mass is 360 g/mol. The Kier molecular flexibility index (Phi) is 3.19. The van der Waals surface area contributed by atoms with Gasteiger partial charge in [0, 0.05) is 27.1 Å². The summed E-state index contributed by atoms with van der Waals surface area (Å²) in [5.41, 5.74) is 5.70. The van der Waals surface area contributed by atoms with E-state index in [1.165, 1.54) is 38.1 Å². The second kappa shape index (κ2) is 5.75. The Morgan fingerprint density at radius 1 is 0.679 bits per heavy atom.